The number of non-ortho nitro benzene ring substituents is 1. The zero-order valence-corrected chi connectivity index (χ0v) is 12.5. The molecule has 1 aliphatic carbocycles. The van der Waals surface area contributed by atoms with Crippen molar-refractivity contribution in [3.63, 3.8) is 0 Å². The minimum absolute atomic E-state index is 0.0413. The molecule has 110 valence electrons. The molecule has 1 aliphatic rings. The van der Waals surface area contributed by atoms with E-state index in [1.165, 1.54) is 37.8 Å². The molecule has 1 saturated carbocycles. The normalized spacial score (nSPS) is 22.7. The van der Waals surface area contributed by atoms with Crippen molar-refractivity contribution in [2.75, 3.05) is 6.54 Å². The molecule has 1 fully saturated rings. The van der Waals surface area contributed by atoms with Crippen molar-refractivity contribution >= 4 is 17.3 Å². The number of nitrogens with zero attached hydrogens (tertiary/aromatic N) is 1. The average Bonchev–Trinajstić information content (AvgIpc) is 2.42. The van der Waals surface area contributed by atoms with Gasteiger partial charge in [-0.2, -0.15) is 0 Å². The van der Waals surface area contributed by atoms with Gasteiger partial charge in [0, 0.05) is 18.7 Å². The highest BCUT2D eigenvalue weighted by atomic mass is 35.5. The molecule has 0 heterocycles. The summed E-state index contributed by atoms with van der Waals surface area (Å²) >= 11 is 6.08. The summed E-state index contributed by atoms with van der Waals surface area (Å²) in [6, 6.07) is 4.66. The first-order valence-corrected chi connectivity index (χ1v) is 7.59. The lowest BCUT2D eigenvalue weighted by Crippen LogP contribution is -2.29. The highest BCUT2D eigenvalue weighted by molar-refractivity contribution is 6.31. The largest absolute Gasteiger partial charge is 0.312 e. The third kappa shape index (κ3) is 3.93. The van der Waals surface area contributed by atoms with Crippen LogP contribution in [-0.2, 0) is 6.54 Å². The van der Waals surface area contributed by atoms with Crippen molar-refractivity contribution in [2.45, 2.75) is 39.2 Å². The third-order valence-electron chi connectivity index (χ3n) is 4.26. The average molecular weight is 297 g/mol. The van der Waals surface area contributed by atoms with Crippen LogP contribution in [0.3, 0.4) is 0 Å². The number of benzene rings is 1. The van der Waals surface area contributed by atoms with Gasteiger partial charge in [-0.25, -0.2) is 0 Å². The molecule has 0 bridgehead atoms. The smallest absolute Gasteiger partial charge is 0.270 e. The van der Waals surface area contributed by atoms with Crippen molar-refractivity contribution in [3.05, 3.63) is 38.9 Å². The highest BCUT2D eigenvalue weighted by Gasteiger charge is 2.20. The fraction of sp³-hybridized carbons (Fsp3) is 0.600. The van der Waals surface area contributed by atoms with Crippen LogP contribution in [0.15, 0.2) is 18.2 Å². The second kappa shape index (κ2) is 7.04. The van der Waals surface area contributed by atoms with Gasteiger partial charge in [-0.3, -0.25) is 10.1 Å². The third-order valence-corrected chi connectivity index (χ3v) is 4.61. The van der Waals surface area contributed by atoms with Gasteiger partial charge in [-0.05, 0) is 36.4 Å². The van der Waals surface area contributed by atoms with Crippen molar-refractivity contribution in [3.8, 4) is 0 Å². The van der Waals surface area contributed by atoms with E-state index in [0.717, 1.165) is 23.9 Å². The van der Waals surface area contributed by atoms with Gasteiger partial charge in [-0.1, -0.05) is 37.8 Å². The van der Waals surface area contributed by atoms with E-state index in [2.05, 4.69) is 12.2 Å². The monoisotopic (exact) mass is 296 g/mol. The van der Waals surface area contributed by atoms with Gasteiger partial charge in [0.05, 0.1) is 9.95 Å². The first-order chi connectivity index (χ1) is 9.58. The van der Waals surface area contributed by atoms with Gasteiger partial charge < -0.3 is 5.32 Å². The quantitative estimate of drug-likeness (QED) is 0.655. The summed E-state index contributed by atoms with van der Waals surface area (Å²) in [7, 11) is 0. The molecule has 2 unspecified atom stereocenters. The molecule has 2 atom stereocenters. The highest BCUT2D eigenvalue weighted by Crippen LogP contribution is 2.29. The molecule has 5 heteroatoms. The van der Waals surface area contributed by atoms with Crippen LogP contribution in [-0.4, -0.2) is 11.5 Å². The van der Waals surface area contributed by atoms with Crippen molar-refractivity contribution in [1.82, 2.24) is 5.32 Å². The minimum atomic E-state index is -0.424. The lowest BCUT2D eigenvalue weighted by atomic mass is 9.80. The number of rotatable bonds is 5. The Kier molecular flexibility index (Phi) is 5.38. The summed E-state index contributed by atoms with van der Waals surface area (Å²) in [4.78, 5) is 10.2. The van der Waals surface area contributed by atoms with E-state index in [9.17, 15) is 10.1 Å². The molecular weight excluding hydrogens is 276 g/mol. The number of hydrogen-bond donors (Lipinski definition) is 1. The van der Waals surface area contributed by atoms with Gasteiger partial charge in [0.2, 0.25) is 0 Å². The van der Waals surface area contributed by atoms with Crippen molar-refractivity contribution in [2.24, 2.45) is 11.8 Å². The Hall–Kier alpha value is -1.13. The Labute approximate surface area is 124 Å². The topological polar surface area (TPSA) is 55.2 Å². The van der Waals surface area contributed by atoms with Crippen LogP contribution in [0.4, 0.5) is 5.69 Å². The summed E-state index contributed by atoms with van der Waals surface area (Å²) in [5.41, 5.74) is 0.959. The summed E-state index contributed by atoms with van der Waals surface area (Å²) in [5, 5.41) is 14.6. The van der Waals surface area contributed by atoms with E-state index < -0.39 is 4.92 Å². The second-order valence-electron chi connectivity index (χ2n) is 5.69. The first kappa shape index (κ1) is 15.3. The van der Waals surface area contributed by atoms with E-state index in [-0.39, 0.29) is 5.69 Å². The lowest BCUT2D eigenvalue weighted by Gasteiger charge is -2.29. The Balaban J connectivity index is 1.86. The van der Waals surface area contributed by atoms with Crippen molar-refractivity contribution in [1.29, 1.82) is 0 Å². The zero-order chi connectivity index (χ0) is 14.5. The molecule has 0 aliphatic heterocycles. The summed E-state index contributed by atoms with van der Waals surface area (Å²) in [5.74, 6) is 1.52. The van der Waals surface area contributed by atoms with E-state index in [1.54, 1.807) is 6.07 Å². The summed E-state index contributed by atoms with van der Waals surface area (Å²) < 4.78 is 0. The Morgan fingerprint density at radius 2 is 2.15 bits per heavy atom. The molecular formula is C15H21ClN2O2. The molecule has 4 nitrogen and oxygen atoms in total. The predicted molar refractivity (Wildman–Crippen MR) is 80.9 cm³/mol. The van der Waals surface area contributed by atoms with Crippen LogP contribution in [0.25, 0.3) is 0 Å². The van der Waals surface area contributed by atoms with Crippen LogP contribution in [0.2, 0.25) is 5.02 Å². The van der Waals surface area contributed by atoms with E-state index >= 15 is 0 Å². The summed E-state index contributed by atoms with van der Waals surface area (Å²) in [6.07, 6.45) is 5.30. The molecule has 0 saturated heterocycles. The number of nitrogens with one attached hydrogen (secondary N) is 1. The van der Waals surface area contributed by atoms with Crippen LogP contribution < -0.4 is 5.32 Å². The number of nitro groups is 1. The fourth-order valence-electron chi connectivity index (χ4n) is 2.88. The molecule has 1 aromatic rings. The van der Waals surface area contributed by atoms with E-state index in [1.807, 2.05) is 0 Å². The van der Waals surface area contributed by atoms with Gasteiger partial charge in [0.1, 0.15) is 0 Å². The molecule has 20 heavy (non-hydrogen) atoms. The Morgan fingerprint density at radius 3 is 2.80 bits per heavy atom. The van der Waals surface area contributed by atoms with Crippen LogP contribution >= 0.6 is 11.6 Å². The maximum absolute atomic E-state index is 10.7. The first-order valence-electron chi connectivity index (χ1n) is 7.21. The second-order valence-corrected chi connectivity index (χ2v) is 6.09. The number of halogens is 1. The van der Waals surface area contributed by atoms with Crippen molar-refractivity contribution < 1.29 is 4.92 Å². The standard InChI is InChI=1S/C15H21ClN2O2/c1-11-4-2-3-5-12(11)9-17-10-13-6-7-14(18(19)20)8-15(13)16/h6-8,11-12,17H,2-5,9-10H2,1H3. The van der Waals surface area contributed by atoms with Gasteiger partial charge in [0.25, 0.3) is 5.69 Å². The SMILES string of the molecule is CC1CCCCC1CNCc1ccc([N+](=O)[O-])cc1Cl. The maximum Gasteiger partial charge on any atom is 0.270 e. The maximum atomic E-state index is 10.7. The molecule has 1 aromatic carbocycles. The predicted octanol–water partition coefficient (Wildman–Crippen LogP) is 4.16. The Bertz CT molecular complexity index is 479. The van der Waals surface area contributed by atoms with Gasteiger partial charge >= 0.3 is 0 Å². The number of hydrogen-bond acceptors (Lipinski definition) is 3. The molecule has 0 radical (unpaired) electrons. The number of nitro benzene ring substituents is 1. The molecule has 2 rings (SSSR count). The Morgan fingerprint density at radius 1 is 1.40 bits per heavy atom. The van der Waals surface area contributed by atoms with Crippen LogP contribution in [0.1, 0.15) is 38.2 Å². The molecule has 0 amide bonds. The van der Waals surface area contributed by atoms with Crippen LogP contribution in [0, 0.1) is 22.0 Å². The summed E-state index contributed by atoms with van der Waals surface area (Å²) in [6.45, 7) is 3.99. The van der Waals surface area contributed by atoms with Gasteiger partial charge in [0.15, 0.2) is 0 Å². The molecule has 0 spiro atoms. The van der Waals surface area contributed by atoms with E-state index in [0.29, 0.717) is 11.6 Å². The fourth-order valence-corrected chi connectivity index (χ4v) is 3.12. The van der Waals surface area contributed by atoms with Crippen LogP contribution in [0.5, 0.6) is 0 Å². The zero-order valence-electron chi connectivity index (χ0n) is 11.8. The molecule has 0 aromatic heterocycles. The molecule has 1 N–H and O–H groups in total. The van der Waals surface area contributed by atoms with Gasteiger partial charge in [-0.15, -0.1) is 0 Å². The minimum Gasteiger partial charge on any atom is -0.312 e. The lowest BCUT2D eigenvalue weighted by molar-refractivity contribution is -0.384. The van der Waals surface area contributed by atoms with E-state index in [4.69, 9.17) is 11.6 Å².